The second-order valence-corrected chi connectivity index (χ2v) is 6.26. The van der Waals surface area contributed by atoms with Crippen molar-refractivity contribution in [3.63, 3.8) is 0 Å². The fraction of sp³-hybridized carbons (Fsp3) is 0.588. The highest BCUT2D eigenvalue weighted by atomic mass is 16.2. The third-order valence-electron chi connectivity index (χ3n) is 4.47. The number of likely N-dealkylation sites (tertiary alicyclic amines) is 1. The monoisotopic (exact) mass is 274 g/mol. The molecule has 2 rings (SSSR count). The molecule has 0 aliphatic carbocycles. The molecule has 0 radical (unpaired) electrons. The maximum Gasteiger partial charge on any atom is 0.254 e. The number of nitrogens with zero attached hydrogens (tertiary/aromatic N) is 1. The van der Waals surface area contributed by atoms with Crippen LogP contribution < -0.4 is 5.73 Å². The summed E-state index contributed by atoms with van der Waals surface area (Å²) in [5.74, 6) is 1.31. The van der Waals surface area contributed by atoms with Crippen molar-refractivity contribution in [2.75, 3.05) is 13.1 Å². The number of carbonyl (C=O) groups excluding carboxylic acids is 1. The molecule has 1 saturated heterocycles. The lowest BCUT2D eigenvalue weighted by Crippen LogP contribution is -2.48. The second-order valence-electron chi connectivity index (χ2n) is 6.26. The van der Waals surface area contributed by atoms with E-state index in [0.29, 0.717) is 24.4 Å². The van der Waals surface area contributed by atoms with Crippen LogP contribution >= 0.6 is 0 Å². The maximum absolute atomic E-state index is 12.8. The SMILES string of the molecule is CC1CC(C)C(C)N(C(=O)c2cccc(CCN)c2)C1. The van der Waals surface area contributed by atoms with Gasteiger partial charge in [-0.2, -0.15) is 0 Å². The Morgan fingerprint density at radius 1 is 1.35 bits per heavy atom. The Hall–Kier alpha value is -1.35. The van der Waals surface area contributed by atoms with Gasteiger partial charge in [-0.3, -0.25) is 4.79 Å². The minimum atomic E-state index is 0.162. The lowest BCUT2D eigenvalue weighted by atomic mass is 9.85. The highest BCUT2D eigenvalue weighted by Gasteiger charge is 2.32. The summed E-state index contributed by atoms with van der Waals surface area (Å²) in [6.45, 7) is 8.12. The van der Waals surface area contributed by atoms with Crippen LogP contribution in [0.1, 0.15) is 43.1 Å². The molecular weight excluding hydrogens is 248 g/mol. The van der Waals surface area contributed by atoms with Crippen molar-refractivity contribution in [3.8, 4) is 0 Å². The second kappa shape index (κ2) is 6.40. The molecule has 3 atom stereocenters. The topological polar surface area (TPSA) is 46.3 Å². The molecule has 0 saturated carbocycles. The molecule has 2 N–H and O–H groups in total. The molecule has 3 heteroatoms. The number of benzene rings is 1. The van der Waals surface area contributed by atoms with Crippen molar-refractivity contribution < 1.29 is 4.79 Å². The van der Waals surface area contributed by atoms with Gasteiger partial charge in [-0.1, -0.05) is 26.0 Å². The van der Waals surface area contributed by atoms with Gasteiger partial charge in [0.15, 0.2) is 0 Å². The maximum atomic E-state index is 12.8. The quantitative estimate of drug-likeness (QED) is 0.921. The molecule has 1 fully saturated rings. The van der Waals surface area contributed by atoms with E-state index in [0.717, 1.165) is 24.1 Å². The number of hydrogen-bond donors (Lipinski definition) is 1. The van der Waals surface area contributed by atoms with E-state index in [1.807, 2.05) is 29.2 Å². The summed E-state index contributed by atoms with van der Waals surface area (Å²) in [6, 6.07) is 8.22. The van der Waals surface area contributed by atoms with Gasteiger partial charge in [0.1, 0.15) is 0 Å². The Labute approximate surface area is 122 Å². The fourth-order valence-electron chi connectivity index (χ4n) is 3.18. The van der Waals surface area contributed by atoms with Crippen LogP contribution in [-0.4, -0.2) is 29.9 Å². The molecule has 20 heavy (non-hydrogen) atoms. The first-order valence-corrected chi connectivity index (χ1v) is 7.63. The summed E-state index contributed by atoms with van der Waals surface area (Å²) in [7, 11) is 0. The highest BCUT2D eigenvalue weighted by molar-refractivity contribution is 5.94. The number of carbonyl (C=O) groups is 1. The van der Waals surface area contributed by atoms with E-state index >= 15 is 0 Å². The standard InChI is InChI=1S/C17H26N2O/c1-12-9-13(2)14(3)19(11-12)17(20)16-6-4-5-15(10-16)7-8-18/h4-6,10,12-14H,7-9,11,18H2,1-3H3. The van der Waals surface area contributed by atoms with Gasteiger partial charge in [-0.15, -0.1) is 0 Å². The van der Waals surface area contributed by atoms with Crippen LogP contribution in [0.3, 0.4) is 0 Å². The van der Waals surface area contributed by atoms with Gasteiger partial charge in [-0.25, -0.2) is 0 Å². The van der Waals surface area contributed by atoms with Crippen molar-refractivity contribution in [1.29, 1.82) is 0 Å². The first-order valence-electron chi connectivity index (χ1n) is 7.63. The lowest BCUT2D eigenvalue weighted by molar-refractivity contribution is 0.0455. The Kier molecular flexibility index (Phi) is 4.81. The largest absolute Gasteiger partial charge is 0.335 e. The van der Waals surface area contributed by atoms with E-state index < -0.39 is 0 Å². The van der Waals surface area contributed by atoms with Gasteiger partial charge >= 0.3 is 0 Å². The van der Waals surface area contributed by atoms with Crippen LogP contribution in [0.4, 0.5) is 0 Å². The van der Waals surface area contributed by atoms with Crippen LogP contribution in [-0.2, 0) is 6.42 Å². The average Bonchev–Trinajstić information content (AvgIpc) is 2.43. The van der Waals surface area contributed by atoms with E-state index in [9.17, 15) is 4.79 Å². The van der Waals surface area contributed by atoms with Crippen molar-refractivity contribution in [2.45, 2.75) is 39.7 Å². The molecular formula is C17H26N2O. The van der Waals surface area contributed by atoms with Crippen LogP contribution in [0.15, 0.2) is 24.3 Å². The minimum absolute atomic E-state index is 0.162. The Balaban J connectivity index is 2.19. The van der Waals surface area contributed by atoms with Crippen molar-refractivity contribution in [1.82, 2.24) is 4.90 Å². The molecule has 110 valence electrons. The Bertz CT molecular complexity index is 472. The molecule has 3 nitrogen and oxygen atoms in total. The Morgan fingerprint density at radius 2 is 2.10 bits per heavy atom. The van der Waals surface area contributed by atoms with Gasteiger partial charge in [-0.05, 0) is 55.8 Å². The molecule has 1 aromatic carbocycles. The zero-order chi connectivity index (χ0) is 14.7. The van der Waals surface area contributed by atoms with Gasteiger partial charge in [0.05, 0.1) is 0 Å². The first kappa shape index (κ1) is 15.0. The molecule has 1 amide bonds. The number of nitrogens with two attached hydrogens (primary N) is 1. The van der Waals surface area contributed by atoms with Gasteiger partial charge < -0.3 is 10.6 Å². The summed E-state index contributed by atoms with van der Waals surface area (Å²) in [5.41, 5.74) is 7.53. The zero-order valence-corrected chi connectivity index (χ0v) is 12.8. The molecule has 0 spiro atoms. The summed E-state index contributed by atoms with van der Waals surface area (Å²) in [6.07, 6.45) is 2.03. The predicted molar refractivity (Wildman–Crippen MR) is 82.6 cm³/mol. The summed E-state index contributed by atoms with van der Waals surface area (Å²) >= 11 is 0. The number of hydrogen-bond acceptors (Lipinski definition) is 2. The zero-order valence-electron chi connectivity index (χ0n) is 12.8. The number of amides is 1. The third kappa shape index (κ3) is 3.21. The normalized spacial score (nSPS) is 26.6. The van der Waals surface area contributed by atoms with Gasteiger partial charge in [0.25, 0.3) is 5.91 Å². The number of piperidine rings is 1. The fourth-order valence-corrected chi connectivity index (χ4v) is 3.18. The predicted octanol–water partition coefficient (Wildman–Crippen LogP) is 2.69. The highest BCUT2D eigenvalue weighted by Crippen LogP contribution is 2.28. The van der Waals surface area contributed by atoms with E-state index in [2.05, 4.69) is 20.8 Å². The molecule has 1 aromatic rings. The first-order chi connectivity index (χ1) is 9.52. The summed E-state index contributed by atoms with van der Waals surface area (Å²) in [4.78, 5) is 14.8. The van der Waals surface area contributed by atoms with Crippen molar-refractivity contribution in [2.24, 2.45) is 17.6 Å². The van der Waals surface area contributed by atoms with Crippen molar-refractivity contribution >= 4 is 5.91 Å². The summed E-state index contributed by atoms with van der Waals surface area (Å²) in [5, 5.41) is 0. The van der Waals surface area contributed by atoms with Gasteiger partial charge in [0, 0.05) is 18.2 Å². The third-order valence-corrected chi connectivity index (χ3v) is 4.47. The molecule has 1 aliphatic rings. The van der Waals surface area contributed by atoms with E-state index in [-0.39, 0.29) is 5.91 Å². The Morgan fingerprint density at radius 3 is 2.80 bits per heavy atom. The summed E-state index contributed by atoms with van der Waals surface area (Å²) < 4.78 is 0. The molecule has 0 aromatic heterocycles. The minimum Gasteiger partial charge on any atom is -0.335 e. The molecule has 0 bridgehead atoms. The van der Waals surface area contributed by atoms with E-state index in [1.165, 1.54) is 6.42 Å². The van der Waals surface area contributed by atoms with E-state index in [4.69, 9.17) is 5.73 Å². The van der Waals surface area contributed by atoms with Gasteiger partial charge in [0.2, 0.25) is 0 Å². The molecule has 1 aliphatic heterocycles. The van der Waals surface area contributed by atoms with Crippen LogP contribution in [0, 0.1) is 11.8 Å². The van der Waals surface area contributed by atoms with E-state index in [1.54, 1.807) is 0 Å². The lowest BCUT2D eigenvalue weighted by Gasteiger charge is -2.41. The van der Waals surface area contributed by atoms with Crippen LogP contribution in [0.25, 0.3) is 0 Å². The number of rotatable bonds is 3. The smallest absolute Gasteiger partial charge is 0.254 e. The van der Waals surface area contributed by atoms with Crippen molar-refractivity contribution in [3.05, 3.63) is 35.4 Å². The average molecular weight is 274 g/mol. The van der Waals surface area contributed by atoms with Crippen LogP contribution in [0.5, 0.6) is 0 Å². The molecule has 1 heterocycles. The molecule has 3 unspecified atom stereocenters. The van der Waals surface area contributed by atoms with Crippen LogP contribution in [0.2, 0.25) is 0 Å².